The second-order valence-electron chi connectivity index (χ2n) is 7.33. The van der Waals surface area contributed by atoms with Crippen molar-refractivity contribution in [2.75, 3.05) is 32.8 Å². The number of nitrogens with one attached hydrogen (secondary N) is 1. The summed E-state index contributed by atoms with van der Waals surface area (Å²) in [5.41, 5.74) is 3.82. The summed E-state index contributed by atoms with van der Waals surface area (Å²) in [6, 6.07) is 14.6. The Hall–Kier alpha value is -2.53. The summed E-state index contributed by atoms with van der Waals surface area (Å²) in [4.78, 5) is 14.5. The molecule has 0 saturated carbocycles. The summed E-state index contributed by atoms with van der Waals surface area (Å²) < 4.78 is 11.5. The van der Waals surface area contributed by atoms with Crippen LogP contribution < -0.4 is 14.8 Å². The number of hydrogen-bond donors (Lipinski definition) is 1. The van der Waals surface area contributed by atoms with Gasteiger partial charge in [0.15, 0.2) is 11.5 Å². The average Bonchev–Trinajstić information content (AvgIpc) is 2.73. The SMILES string of the molecule is CCOc1cc2c(cc1OCC)CN(CC(=O)NCCCc1ccccc1)CC2. The Kier molecular flexibility index (Phi) is 7.94. The van der Waals surface area contributed by atoms with Gasteiger partial charge in [-0.2, -0.15) is 0 Å². The molecule has 1 heterocycles. The largest absolute Gasteiger partial charge is 0.490 e. The molecule has 0 radical (unpaired) electrons. The van der Waals surface area contributed by atoms with Crippen molar-refractivity contribution in [2.24, 2.45) is 0 Å². The molecule has 29 heavy (non-hydrogen) atoms. The number of carbonyl (C=O) groups is 1. The topological polar surface area (TPSA) is 50.8 Å². The third-order valence-electron chi connectivity index (χ3n) is 5.13. The Labute approximate surface area is 174 Å². The van der Waals surface area contributed by atoms with Gasteiger partial charge in [-0.15, -0.1) is 0 Å². The highest BCUT2D eigenvalue weighted by Crippen LogP contribution is 2.33. The van der Waals surface area contributed by atoms with Gasteiger partial charge in [-0.1, -0.05) is 30.3 Å². The highest BCUT2D eigenvalue weighted by Gasteiger charge is 2.21. The number of nitrogens with zero attached hydrogens (tertiary/aromatic N) is 1. The number of amides is 1. The summed E-state index contributed by atoms with van der Waals surface area (Å²) in [7, 11) is 0. The molecule has 1 amide bonds. The molecule has 0 bridgehead atoms. The zero-order valence-electron chi connectivity index (χ0n) is 17.6. The smallest absolute Gasteiger partial charge is 0.234 e. The summed E-state index contributed by atoms with van der Waals surface area (Å²) in [5, 5.41) is 3.06. The van der Waals surface area contributed by atoms with Crippen LogP contribution in [0.3, 0.4) is 0 Å². The maximum Gasteiger partial charge on any atom is 0.234 e. The van der Waals surface area contributed by atoms with E-state index in [0.717, 1.165) is 43.9 Å². The van der Waals surface area contributed by atoms with Crippen LogP contribution in [0.2, 0.25) is 0 Å². The number of rotatable bonds is 10. The van der Waals surface area contributed by atoms with E-state index in [9.17, 15) is 4.79 Å². The van der Waals surface area contributed by atoms with Crippen LogP contribution in [0.25, 0.3) is 0 Å². The van der Waals surface area contributed by atoms with Crippen LogP contribution in [-0.4, -0.2) is 43.7 Å². The molecule has 0 spiro atoms. The van der Waals surface area contributed by atoms with E-state index in [2.05, 4.69) is 46.6 Å². The number of benzene rings is 2. The monoisotopic (exact) mass is 396 g/mol. The lowest BCUT2D eigenvalue weighted by Crippen LogP contribution is -2.40. The highest BCUT2D eigenvalue weighted by atomic mass is 16.5. The number of carbonyl (C=O) groups excluding carboxylic acids is 1. The molecule has 2 aromatic carbocycles. The molecular formula is C24H32N2O3. The molecule has 0 atom stereocenters. The third-order valence-corrected chi connectivity index (χ3v) is 5.13. The average molecular weight is 397 g/mol. The first-order valence-corrected chi connectivity index (χ1v) is 10.6. The van der Waals surface area contributed by atoms with Crippen LogP contribution in [0.4, 0.5) is 0 Å². The van der Waals surface area contributed by atoms with Crippen molar-refractivity contribution in [1.82, 2.24) is 10.2 Å². The van der Waals surface area contributed by atoms with Crippen LogP contribution >= 0.6 is 0 Å². The molecule has 156 valence electrons. The minimum atomic E-state index is 0.0949. The maximum atomic E-state index is 12.3. The lowest BCUT2D eigenvalue weighted by atomic mass is 9.98. The van der Waals surface area contributed by atoms with E-state index in [-0.39, 0.29) is 5.91 Å². The van der Waals surface area contributed by atoms with E-state index in [4.69, 9.17) is 9.47 Å². The molecule has 1 aliphatic heterocycles. The summed E-state index contributed by atoms with van der Waals surface area (Å²) >= 11 is 0. The first kappa shape index (κ1) is 21.2. The van der Waals surface area contributed by atoms with Gasteiger partial charge in [-0.05, 0) is 61.9 Å². The lowest BCUT2D eigenvalue weighted by Gasteiger charge is -2.29. The van der Waals surface area contributed by atoms with Gasteiger partial charge in [0.25, 0.3) is 0 Å². The minimum Gasteiger partial charge on any atom is -0.490 e. The molecular weight excluding hydrogens is 364 g/mol. The highest BCUT2D eigenvalue weighted by molar-refractivity contribution is 5.78. The van der Waals surface area contributed by atoms with E-state index in [1.165, 1.54) is 16.7 Å². The molecule has 0 fully saturated rings. The van der Waals surface area contributed by atoms with Crippen molar-refractivity contribution >= 4 is 5.91 Å². The van der Waals surface area contributed by atoms with E-state index >= 15 is 0 Å². The molecule has 0 aromatic heterocycles. The zero-order chi connectivity index (χ0) is 20.5. The van der Waals surface area contributed by atoms with Crippen molar-refractivity contribution < 1.29 is 14.3 Å². The first-order chi connectivity index (χ1) is 14.2. The van der Waals surface area contributed by atoms with Gasteiger partial charge in [0.2, 0.25) is 5.91 Å². The van der Waals surface area contributed by atoms with Crippen LogP contribution in [-0.2, 0) is 24.2 Å². The molecule has 0 aliphatic carbocycles. The molecule has 0 saturated heterocycles. The molecule has 1 aliphatic rings. The molecule has 1 N–H and O–H groups in total. The number of hydrogen-bond acceptors (Lipinski definition) is 4. The first-order valence-electron chi connectivity index (χ1n) is 10.6. The van der Waals surface area contributed by atoms with Gasteiger partial charge in [0.05, 0.1) is 19.8 Å². The number of fused-ring (bicyclic) bond motifs is 1. The van der Waals surface area contributed by atoms with Crippen molar-refractivity contribution in [3.05, 3.63) is 59.2 Å². The van der Waals surface area contributed by atoms with Crippen LogP contribution in [0, 0.1) is 0 Å². The van der Waals surface area contributed by atoms with E-state index in [1.54, 1.807) is 0 Å². The predicted molar refractivity (Wildman–Crippen MR) is 116 cm³/mol. The third kappa shape index (κ3) is 6.23. The van der Waals surface area contributed by atoms with Crippen molar-refractivity contribution in [3.8, 4) is 11.5 Å². The van der Waals surface area contributed by atoms with E-state index < -0.39 is 0 Å². The fourth-order valence-corrected chi connectivity index (χ4v) is 3.72. The van der Waals surface area contributed by atoms with Crippen LogP contribution in [0.5, 0.6) is 11.5 Å². The van der Waals surface area contributed by atoms with E-state index in [1.807, 2.05) is 19.9 Å². The van der Waals surface area contributed by atoms with Gasteiger partial charge >= 0.3 is 0 Å². The molecule has 2 aromatic rings. The molecule has 5 heteroatoms. The van der Waals surface area contributed by atoms with Gasteiger partial charge in [-0.25, -0.2) is 0 Å². The summed E-state index contributed by atoms with van der Waals surface area (Å²) in [5.74, 6) is 1.70. The standard InChI is InChI=1S/C24H32N2O3/c1-3-28-22-15-20-12-14-26(17-21(20)16-23(22)29-4-2)18-24(27)25-13-8-11-19-9-6-5-7-10-19/h5-7,9-10,15-16H,3-4,8,11-14,17-18H2,1-2H3,(H,25,27). The number of aryl methyl sites for hydroxylation is 1. The van der Waals surface area contributed by atoms with Crippen molar-refractivity contribution in [3.63, 3.8) is 0 Å². The van der Waals surface area contributed by atoms with E-state index in [0.29, 0.717) is 26.3 Å². The Morgan fingerprint density at radius 3 is 2.41 bits per heavy atom. The van der Waals surface area contributed by atoms with Crippen LogP contribution in [0.15, 0.2) is 42.5 Å². The molecule has 0 unspecified atom stereocenters. The Morgan fingerprint density at radius 2 is 1.72 bits per heavy atom. The quantitative estimate of drug-likeness (QED) is 0.624. The number of ether oxygens (including phenoxy) is 2. The second-order valence-corrected chi connectivity index (χ2v) is 7.33. The van der Waals surface area contributed by atoms with Crippen molar-refractivity contribution in [2.45, 2.75) is 39.7 Å². The molecule has 5 nitrogen and oxygen atoms in total. The fraction of sp³-hybridized carbons (Fsp3) is 0.458. The van der Waals surface area contributed by atoms with Gasteiger partial charge in [0.1, 0.15) is 0 Å². The Balaban J connectivity index is 1.48. The van der Waals surface area contributed by atoms with Gasteiger partial charge < -0.3 is 14.8 Å². The maximum absolute atomic E-state index is 12.3. The lowest BCUT2D eigenvalue weighted by molar-refractivity contribution is -0.122. The molecule has 3 rings (SSSR count). The van der Waals surface area contributed by atoms with Gasteiger partial charge in [-0.3, -0.25) is 9.69 Å². The van der Waals surface area contributed by atoms with Crippen molar-refractivity contribution in [1.29, 1.82) is 0 Å². The summed E-state index contributed by atoms with van der Waals surface area (Å²) in [6.45, 7) is 7.97. The predicted octanol–water partition coefficient (Wildman–Crippen LogP) is 3.59. The Morgan fingerprint density at radius 1 is 1.03 bits per heavy atom. The minimum absolute atomic E-state index is 0.0949. The van der Waals surface area contributed by atoms with Gasteiger partial charge in [0, 0.05) is 19.6 Å². The fourth-order valence-electron chi connectivity index (χ4n) is 3.72. The summed E-state index contributed by atoms with van der Waals surface area (Å²) in [6.07, 6.45) is 2.86. The normalized spacial score (nSPS) is 13.6. The second kappa shape index (κ2) is 10.9. The zero-order valence-corrected chi connectivity index (χ0v) is 17.6. The van der Waals surface area contributed by atoms with Crippen LogP contribution in [0.1, 0.15) is 37.0 Å². The Bertz CT molecular complexity index is 792.